The van der Waals surface area contributed by atoms with E-state index in [1.165, 1.54) is 18.4 Å². The average Bonchev–Trinajstić information content (AvgIpc) is 3.23. The first kappa shape index (κ1) is 14.4. The average molecular weight is 263 g/mol. The van der Waals surface area contributed by atoms with Crippen molar-refractivity contribution in [2.24, 2.45) is 5.92 Å². The van der Waals surface area contributed by atoms with Crippen molar-refractivity contribution in [1.82, 2.24) is 4.90 Å². The number of ether oxygens (including phenoxy) is 1. The summed E-state index contributed by atoms with van der Waals surface area (Å²) in [7, 11) is 1.69. The lowest BCUT2D eigenvalue weighted by molar-refractivity contribution is 0.103. The van der Waals surface area contributed by atoms with Gasteiger partial charge in [0, 0.05) is 19.6 Å². The molecule has 1 fully saturated rings. The number of methoxy groups -OCH3 is 1. The molecule has 0 amide bonds. The Morgan fingerprint density at radius 1 is 1.32 bits per heavy atom. The van der Waals surface area contributed by atoms with E-state index in [2.05, 4.69) is 17.0 Å². The van der Waals surface area contributed by atoms with Crippen molar-refractivity contribution in [3.05, 3.63) is 29.8 Å². The van der Waals surface area contributed by atoms with Crippen molar-refractivity contribution in [1.29, 1.82) is 0 Å². The minimum atomic E-state index is -0.211. The van der Waals surface area contributed by atoms with E-state index in [1.54, 1.807) is 7.11 Å². The van der Waals surface area contributed by atoms with Gasteiger partial charge in [-0.05, 0) is 42.9 Å². The van der Waals surface area contributed by atoms with E-state index in [0.29, 0.717) is 0 Å². The molecule has 1 aliphatic rings. The molecule has 1 aromatic rings. The molecule has 1 aromatic carbocycles. The van der Waals surface area contributed by atoms with Crippen molar-refractivity contribution >= 4 is 0 Å². The molecular weight excluding hydrogens is 238 g/mol. The Kier molecular flexibility index (Phi) is 5.23. The molecule has 0 spiro atoms. The molecule has 0 saturated heterocycles. The topological polar surface area (TPSA) is 32.7 Å². The number of benzene rings is 1. The summed E-state index contributed by atoms with van der Waals surface area (Å²) in [5.41, 5.74) is 1.28. The molecule has 1 N–H and O–H groups in total. The number of nitrogens with zero attached hydrogens (tertiary/aromatic N) is 1. The summed E-state index contributed by atoms with van der Waals surface area (Å²) in [6.07, 6.45) is 3.31. The van der Waals surface area contributed by atoms with E-state index in [-0.39, 0.29) is 6.10 Å². The Bertz CT molecular complexity index is 373. The molecule has 0 aromatic heterocycles. The van der Waals surface area contributed by atoms with E-state index >= 15 is 0 Å². The molecule has 1 unspecified atom stereocenters. The second kappa shape index (κ2) is 6.92. The van der Waals surface area contributed by atoms with Crippen molar-refractivity contribution in [2.75, 3.05) is 20.2 Å². The summed E-state index contributed by atoms with van der Waals surface area (Å²) in [5, 5.41) is 9.86. The van der Waals surface area contributed by atoms with Gasteiger partial charge in [-0.2, -0.15) is 0 Å². The van der Waals surface area contributed by atoms with Crippen LogP contribution in [0.15, 0.2) is 24.3 Å². The number of aliphatic hydroxyl groups excluding tert-OH is 1. The first-order valence-electron chi connectivity index (χ1n) is 7.24. The monoisotopic (exact) mass is 263 g/mol. The van der Waals surface area contributed by atoms with Gasteiger partial charge in [-0.3, -0.25) is 4.90 Å². The molecule has 0 radical (unpaired) electrons. The lowest BCUT2D eigenvalue weighted by Gasteiger charge is -2.24. The second-order valence-corrected chi connectivity index (χ2v) is 5.55. The van der Waals surface area contributed by atoms with E-state index in [0.717, 1.165) is 37.7 Å². The highest BCUT2D eigenvalue weighted by Gasteiger charge is 2.25. The molecule has 0 heterocycles. The van der Waals surface area contributed by atoms with E-state index < -0.39 is 0 Å². The maximum Gasteiger partial charge on any atom is 0.118 e. The number of hydrogen-bond donors (Lipinski definition) is 1. The van der Waals surface area contributed by atoms with Crippen LogP contribution in [0.2, 0.25) is 0 Å². The van der Waals surface area contributed by atoms with Gasteiger partial charge in [-0.25, -0.2) is 0 Å². The summed E-state index contributed by atoms with van der Waals surface area (Å²) in [6, 6.07) is 8.22. The van der Waals surface area contributed by atoms with Gasteiger partial charge in [0.1, 0.15) is 5.75 Å². The van der Waals surface area contributed by atoms with Crippen LogP contribution >= 0.6 is 0 Å². The van der Waals surface area contributed by atoms with E-state index in [1.807, 2.05) is 19.1 Å². The first-order chi connectivity index (χ1) is 9.21. The zero-order valence-electron chi connectivity index (χ0n) is 12.0. The normalized spacial score (nSPS) is 16.6. The van der Waals surface area contributed by atoms with Crippen molar-refractivity contribution in [3.63, 3.8) is 0 Å². The van der Waals surface area contributed by atoms with Crippen LogP contribution in [0, 0.1) is 5.92 Å². The predicted octanol–water partition coefficient (Wildman–Crippen LogP) is 2.68. The van der Waals surface area contributed by atoms with Crippen LogP contribution < -0.4 is 4.74 Å². The highest BCUT2D eigenvalue weighted by molar-refractivity contribution is 5.27. The zero-order valence-corrected chi connectivity index (χ0v) is 12.0. The van der Waals surface area contributed by atoms with Gasteiger partial charge in [-0.15, -0.1) is 0 Å². The quantitative estimate of drug-likeness (QED) is 0.782. The SMILES string of the molecule is CCC(O)CN(Cc1ccc(OC)cc1)CC1CC1. The molecule has 1 atom stereocenters. The molecule has 0 bridgehead atoms. The highest BCUT2D eigenvalue weighted by atomic mass is 16.5. The fourth-order valence-corrected chi connectivity index (χ4v) is 2.29. The fourth-order valence-electron chi connectivity index (χ4n) is 2.29. The standard InChI is InChI=1S/C16H25NO2/c1-3-15(18)12-17(10-13-4-5-13)11-14-6-8-16(19-2)9-7-14/h6-9,13,15,18H,3-5,10-12H2,1-2H3. The third-order valence-electron chi connectivity index (χ3n) is 3.72. The Morgan fingerprint density at radius 2 is 2.00 bits per heavy atom. The summed E-state index contributed by atoms with van der Waals surface area (Å²) in [5.74, 6) is 1.74. The molecule has 106 valence electrons. The Morgan fingerprint density at radius 3 is 2.53 bits per heavy atom. The summed E-state index contributed by atoms with van der Waals surface area (Å²) in [4.78, 5) is 2.38. The van der Waals surface area contributed by atoms with Gasteiger partial charge in [0.2, 0.25) is 0 Å². The van der Waals surface area contributed by atoms with Gasteiger partial charge in [-0.1, -0.05) is 19.1 Å². The van der Waals surface area contributed by atoms with Crippen LogP contribution in [0.5, 0.6) is 5.75 Å². The van der Waals surface area contributed by atoms with Gasteiger partial charge in [0.25, 0.3) is 0 Å². The Hall–Kier alpha value is -1.06. The van der Waals surface area contributed by atoms with Gasteiger partial charge in [0.15, 0.2) is 0 Å². The van der Waals surface area contributed by atoms with Crippen molar-refractivity contribution < 1.29 is 9.84 Å². The van der Waals surface area contributed by atoms with Crippen LogP contribution in [0.3, 0.4) is 0 Å². The van der Waals surface area contributed by atoms with Gasteiger partial charge in [0.05, 0.1) is 13.2 Å². The molecule has 19 heavy (non-hydrogen) atoms. The predicted molar refractivity (Wildman–Crippen MR) is 77.3 cm³/mol. The van der Waals surface area contributed by atoms with Crippen LogP contribution in [-0.2, 0) is 6.54 Å². The second-order valence-electron chi connectivity index (χ2n) is 5.55. The fraction of sp³-hybridized carbons (Fsp3) is 0.625. The lowest BCUT2D eigenvalue weighted by Crippen LogP contribution is -2.33. The smallest absolute Gasteiger partial charge is 0.118 e. The third-order valence-corrected chi connectivity index (χ3v) is 3.72. The van der Waals surface area contributed by atoms with Crippen molar-refractivity contribution in [2.45, 2.75) is 38.8 Å². The molecule has 1 saturated carbocycles. The van der Waals surface area contributed by atoms with Crippen molar-refractivity contribution in [3.8, 4) is 5.75 Å². The largest absolute Gasteiger partial charge is 0.497 e. The molecule has 3 nitrogen and oxygen atoms in total. The number of rotatable bonds is 8. The van der Waals surface area contributed by atoms with Crippen LogP contribution in [0.1, 0.15) is 31.7 Å². The van der Waals surface area contributed by atoms with E-state index in [4.69, 9.17) is 4.74 Å². The molecule has 0 aliphatic heterocycles. The molecule has 1 aliphatic carbocycles. The maximum absolute atomic E-state index is 9.86. The molecular formula is C16H25NO2. The highest BCUT2D eigenvalue weighted by Crippen LogP contribution is 2.30. The summed E-state index contributed by atoms with van der Waals surface area (Å²) in [6.45, 7) is 4.84. The lowest BCUT2D eigenvalue weighted by atomic mass is 10.1. The maximum atomic E-state index is 9.86. The summed E-state index contributed by atoms with van der Waals surface area (Å²) >= 11 is 0. The third kappa shape index (κ3) is 4.84. The Balaban J connectivity index is 1.92. The van der Waals surface area contributed by atoms with Gasteiger partial charge < -0.3 is 9.84 Å². The zero-order chi connectivity index (χ0) is 13.7. The van der Waals surface area contributed by atoms with Crippen LogP contribution in [-0.4, -0.2) is 36.3 Å². The number of hydrogen-bond acceptors (Lipinski definition) is 3. The van der Waals surface area contributed by atoms with Crippen LogP contribution in [0.4, 0.5) is 0 Å². The van der Waals surface area contributed by atoms with Crippen LogP contribution in [0.25, 0.3) is 0 Å². The number of aliphatic hydroxyl groups is 1. The minimum Gasteiger partial charge on any atom is -0.497 e. The summed E-state index contributed by atoms with van der Waals surface area (Å²) < 4.78 is 5.18. The van der Waals surface area contributed by atoms with Gasteiger partial charge >= 0.3 is 0 Å². The molecule has 3 heteroatoms. The minimum absolute atomic E-state index is 0.211. The van der Waals surface area contributed by atoms with E-state index in [9.17, 15) is 5.11 Å². The first-order valence-corrected chi connectivity index (χ1v) is 7.24. The molecule has 2 rings (SSSR count). The Labute approximate surface area is 116 Å².